The second kappa shape index (κ2) is 9.26. The van der Waals surface area contributed by atoms with Gasteiger partial charge in [0.25, 0.3) is 0 Å². The van der Waals surface area contributed by atoms with Crippen molar-refractivity contribution in [2.75, 3.05) is 32.8 Å². The van der Waals surface area contributed by atoms with Crippen LogP contribution in [0.3, 0.4) is 0 Å². The Kier molecular flexibility index (Phi) is 7.33. The molecule has 2 aromatic rings. The van der Waals surface area contributed by atoms with Crippen LogP contribution in [0.2, 0.25) is 0 Å². The number of aliphatic hydroxyl groups is 1. The molecule has 0 radical (unpaired) electrons. The van der Waals surface area contributed by atoms with Gasteiger partial charge in [-0.2, -0.15) is 0 Å². The molecule has 3 nitrogen and oxygen atoms in total. The third kappa shape index (κ3) is 5.06. The predicted octanol–water partition coefficient (Wildman–Crippen LogP) is 4.07. The Morgan fingerprint density at radius 3 is 2.77 bits per heavy atom. The second-order valence-corrected chi connectivity index (χ2v) is 6.49. The van der Waals surface area contributed by atoms with Gasteiger partial charge < -0.3 is 14.7 Å². The molecule has 0 saturated heterocycles. The zero-order valence-electron chi connectivity index (χ0n) is 13.6. The molecule has 1 aromatic carbocycles. The van der Waals surface area contributed by atoms with Gasteiger partial charge in [0.2, 0.25) is 0 Å². The number of rotatable bonds is 10. The first-order chi connectivity index (χ1) is 10.7. The van der Waals surface area contributed by atoms with Gasteiger partial charge >= 0.3 is 0 Å². The van der Waals surface area contributed by atoms with E-state index in [2.05, 4.69) is 42.3 Å². The SMILES string of the molecule is CCN(CC)CCCCOCC(O)c1ccc2sccc2c1. The number of thiophene rings is 1. The highest BCUT2D eigenvalue weighted by Gasteiger charge is 2.09. The lowest BCUT2D eigenvalue weighted by molar-refractivity contribution is 0.0340. The second-order valence-electron chi connectivity index (χ2n) is 5.54. The number of aliphatic hydroxyl groups excluding tert-OH is 1. The van der Waals surface area contributed by atoms with Gasteiger partial charge in [0, 0.05) is 11.3 Å². The highest BCUT2D eigenvalue weighted by atomic mass is 32.1. The van der Waals surface area contributed by atoms with Crippen LogP contribution in [0.1, 0.15) is 38.4 Å². The van der Waals surface area contributed by atoms with Gasteiger partial charge in [-0.3, -0.25) is 0 Å². The van der Waals surface area contributed by atoms with E-state index in [0.717, 1.165) is 44.6 Å². The zero-order valence-corrected chi connectivity index (χ0v) is 14.4. The molecule has 0 spiro atoms. The molecule has 4 heteroatoms. The van der Waals surface area contributed by atoms with E-state index in [1.165, 1.54) is 10.1 Å². The summed E-state index contributed by atoms with van der Waals surface area (Å²) in [6.45, 7) is 8.84. The Hall–Kier alpha value is -0.940. The lowest BCUT2D eigenvalue weighted by atomic mass is 10.1. The maximum Gasteiger partial charge on any atom is 0.102 e. The average molecular weight is 321 g/mol. The smallest absolute Gasteiger partial charge is 0.102 e. The van der Waals surface area contributed by atoms with Gasteiger partial charge in [0.05, 0.1) is 6.61 Å². The minimum absolute atomic E-state index is 0.376. The number of unbranched alkanes of at least 4 members (excludes halogenated alkanes) is 1. The quantitative estimate of drug-likeness (QED) is 0.670. The van der Waals surface area contributed by atoms with E-state index >= 15 is 0 Å². The highest BCUT2D eigenvalue weighted by Crippen LogP contribution is 2.24. The Bertz CT molecular complexity index is 551. The fraction of sp³-hybridized carbons (Fsp3) is 0.556. The largest absolute Gasteiger partial charge is 0.386 e. The van der Waals surface area contributed by atoms with Crippen molar-refractivity contribution in [1.82, 2.24) is 4.90 Å². The van der Waals surface area contributed by atoms with Crippen molar-refractivity contribution in [3.63, 3.8) is 0 Å². The number of fused-ring (bicyclic) bond motifs is 1. The van der Waals surface area contributed by atoms with Crippen LogP contribution >= 0.6 is 11.3 Å². The predicted molar refractivity (Wildman–Crippen MR) is 94.6 cm³/mol. The Labute approximate surface area is 137 Å². The molecular formula is C18H27NO2S. The van der Waals surface area contributed by atoms with E-state index in [1.807, 2.05) is 6.07 Å². The van der Waals surface area contributed by atoms with Gasteiger partial charge in [-0.1, -0.05) is 19.9 Å². The van der Waals surface area contributed by atoms with E-state index in [0.29, 0.717) is 6.61 Å². The molecular weight excluding hydrogens is 294 g/mol. The minimum atomic E-state index is -0.535. The topological polar surface area (TPSA) is 32.7 Å². The molecule has 1 heterocycles. The molecule has 0 amide bonds. The van der Waals surface area contributed by atoms with E-state index in [-0.39, 0.29) is 0 Å². The van der Waals surface area contributed by atoms with E-state index in [9.17, 15) is 5.11 Å². The summed E-state index contributed by atoms with van der Waals surface area (Å²) in [6.07, 6.45) is 1.66. The molecule has 0 aliphatic carbocycles. The van der Waals surface area contributed by atoms with Crippen molar-refractivity contribution in [1.29, 1.82) is 0 Å². The molecule has 1 aromatic heterocycles. The molecule has 22 heavy (non-hydrogen) atoms. The van der Waals surface area contributed by atoms with Crippen LogP contribution in [0.5, 0.6) is 0 Å². The summed E-state index contributed by atoms with van der Waals surface area (Å²) < 4.78 is 6.88. The van der Waals surface area contributed by atoms with Crippen LogP contribution in [-0.2, 0) is 4.74 Å². The summed E-state index contributed by atoms with van der Waals surface area (Å²) in [5.41, 5.74) is 0.939. The number of hydrogen-bond donors (Lipinski definition) is 1. The molecule has 0 fully saturated rings. The summed E-state index contributed by atoms with van der Waals surface area (Å²) in [5.74, 6) is 0. The van der Waals surface area contributed by atoms with Crippen LogP contribution < -0.4 is 0 Å². The van der Waals surface area contributed by atoms with Crippen LogP contribution in [-0.4, -0.2) is 42.9 Å². The zero-order chi connectivity index (χ0) is 15.8. The van der Waals surface area contributed by atoms with Crippen molar-refractivity contribution >= 4 is 21.4 Å². The Morgan fingerprint density at radius 2 is 2.00 bits per heavy atom. The number of hydrogen-bond acceptors (Lipinski definition) is 4. The highest BCUT2D eigenvalue weighted by molar-refractivity contribution is 7.17. The van der Waals surface area contributed by atoms with E-state index in [1.54, 1.807) is 11.3 Å². The van der Waals surface area contributed by atoms with Crippen molar-refractivity contribution < 1.29 is 9.84 Å². The molecule has 0 bridgehead atoms. The summed E-state index contributed by atoms with van der Waals surface area (Å²) in [6, 6.07) is 8.21. The van der Waals surface area contributed by atoms with Crippen molar-refractivity contribution in [3.8, 4) is 0 Å². The summed E-state index contributed by atoms with van der Waals surface area (Å²) >= 11 is 1.72. The maximum atomic E-state index is 10.2. The van der Waals surface area contributed by atoms with Crippen LogP contribution in [0, 0.1) is 0 Å². The van der Waals surface area contributed by atoms with Crippen molar-refractivity contribution in [3.05, 3.63) is 35.2 Å². The summed E-state index contributed by atoms with van der Waals surface area (Å²) in [4.78, 5) is 2.42. The molecule has 1 N–H and O–H groups in total. The molecule has 0 aliphatic rings. The third-order valence-corrected chi connectivity index (χ3v) is 4.94. The molecule has 1 unspecified atom stereocenters. The average Bonchev–Trinajstić information content (AvgIpc) is 3.01. The third-order valence-electron chi connectivity index (χ3n) is 4.04. The van der Waals surface area contributed by atoms with E-state index < -0.39 is 6.10 Å². The molecule has 122 valence electrons. The normalized spacial score (nSPS) is 13.1. The molecule has 0 saturated carbocycles. The Balaban J connectivity index is 1.66. The van der Waals surface area contributed by atoms with Crippen LogP contribution in [0.4, 0.5) is 0 Å². The molecule has 2 rings (SSSR count). The van der Waals surface area contributed by atoms with Crippen LogP contribution in [0.15, 0.2) is 29.6 Å². The fourth-order valence-electron chi connectivity index (χ4n) is 2.56. The lowest BCUT2D eigenvalue weighted by Gasteiger charge is -2.17. The van der Waals surface area contributed by atoms with Gasteiger partial charge in [-0.15, -0.1) is 11.3 Å². The summed E-state index contributed by atoms with van der Waals surface area (Å²) in [7, 11) is 0. The first-order valence-corrected chi connectivity index (χ1v) is 9.07. The van der Waals surface area contributed by atoms with Crippen molar-refractivity contribution in [2.24, 2.45) is 0 Å². The molecule has 1 atom stereocenters. The van der Waals surface area contributed by atoms with Gasteiger partial charge in [-0.05, 0) is 67.0 Å². The standard InChI is InChI=1S/C18H27NO2S/c1-3-19(4-2)10-5-6-11-21-14-17(20)15-7-8-18-16(13-15)9-12-22-18/h7-9,12-13,17,20H,3-6,10-11,14H2,1-2H3. The molecule has 0 aliphatic heterocycles. The number of nitrogens with zero attached hydrogens (tertiary/aromatic N) is 1. The van der Waals surface area contributed by atoms with Gasteiger partial charge in [-0.25, -0.2) is 0 Å². The number of benzene rings is 1. The first kappa shape index (κ1) is 17.4. The maximum absolute atomic E-state index is 10.2. The first-order valence-electron chi connectivity index (χ1n) is 8.20. The van der Waals surface area contributed by atoms with Crippen molar-refractivity contribution in [2.45, 2.75) is 32.8 Å². The summed E-state index contributed by atoms with van der Waals surface area (Å²) in [5, 5.41) is 13.5. The van der Waals surface area contributed by atoms with Gasteiger partial charge in [0.15, 0.2) is 0 Å². The van der Waals surface area contributed by atoms with Crippen LogP contribution in [0.25, 0.3) is 10.1 Å². The number of ether oxygens (including phenoxy) is 1. The van der Waals surface area contributed by atoms with E-state index in [4.69, 9.17) is 4.74 Å². The minimum Gasteiger partial charge on any atom is -0.386 e. The Morgan fingerprint density at radius 1 is 1.18 bits per heavy atom. The monoisotopic (exact) mass is 321 g/mol. The van der Waals surface area contributed by atoms with Gasteiger partial charge in [0.1, 0.15) is 6.10 Å². The fourth-order valence-corrected chi connectivity index (χ4v) is 3.33. The lowest BCUT2D eigenvalue weighted by Crippen LogP contribution is -2.24.